The Morgan fingerprint density at radius 2 is 1.75 bits per heavy atom. The Hall–Kier alpha value is -2.88. The third kappa shape index (κ3) is 2.59. The van der Waals surface area contributed by atoms with Crippen LogP contribution < -0.4 is 5.32 Å². The number of para-hydroxylation sites is 1. The molecule has 20 heavy (non-hydrogen) atoms. The summed E-state index contributed by atoms with van der Waals surface area (Å²) in [6, 6.07) is 16.7. The number of pyridine rings is 1. The van der Waals surface area contributed by atoms with Crippen LogP contribution in [0.3, 0.4) is 0 Å². The Labute approximate surface area is 116 Å². The number of hydrogen-bond donors (Lipinski definition) is 1. The molecule has 3 rings (SSSR count). The van der Waals surface area contributed by atoms with Crippen molar-refractivity contribution in [1.82, 2.24) is 9.55 Å². The fourth-order valence-corrected chi connectivity index (χ4v) is 1.91. The number of carbonyl (C=O) groups is 1. The molecule has 4 heteroatoms. The number of hydrogen-bond acceptors (Lipinski definition) is 2. The Morgan fingerprint density at radius 3 is 2.50 bits per heavy atom. The van der Waals surface area contributed by atoms with Crippen LogP contribution in [0.2, 0.25) is 0 Å². The summed E-state index contributed by atoms with van der Waals surface area (Å²) >= 11 is 0. The third-order valence-electron chi connectivity index (χ3n) is 2.91. The summed E-state index contributed by atoms with van der Waals surface area (Å²) in [5.74, 6) is 0.572. The first-order valence-corrected chi connectivity index (χ1v) is 6.29. The molecule has 0 saturated heterocycles. The summed E-state index contributed by atoms with van der Waals surface area (Å²) in [6.45, 7) is 0. The van der Waals surface area contributed by atoms with E-state index >= 15 is 0 Å². The number of rotatable bonds is 3. The number of nitrogens with zero attached hydrogens (tertiary/aromatic N) is 2. The normalized spacial score (nSPS) is 10.2. The number of aromatic nitrogens is 2. The minimum atomic E-state index is -0.146. The summed E-state index contributed by atoms with van der Waals surface area (Å²) in [5, 5.41) is 2.85. The average molecular weight is 263 g/mol. The molecule has 0 unspecified atom stereocenters. The van der Waals surface area contributed by atoms with Gasteiger partial charge in [-0.25, -0.2) is 4.98 Å². The van der Waals surface area contributed by atoms with E-state index in [0.717, 1.165) is 11.5 Å². The van der Waals surface area contributed by atoms with Gasteiger partial charge in [-0.05, 0) is 36.4 Å². The molecule has 0 radical (unpaired) electrons. The first kappa shape index (κ1) is 12.2. The van der Waals surface area contributed by atoms with Crippen molar-refractivity contribution in [2.24, 2.45) is 0 Å². The van der Waals surface area contributed by atoms with Gasteiger partial charge in [-0.1, -0.05) is 18.2 Å². The second-order valence-electron chi connectivity index (χ2n) is 4.31. The van der Waals surface area contributed by atoms with Crippen molar-refractivity contribution in [1.29, 1.82) is 0 Å². The van der Waals surface area contributed by atoms with Gasteiger partial charge in [0, 0.05) is 29.8 Å². The van der Waals surface area contributed by atoms with Gasteiger partial charge in [0.05, 0.1) is 0 Å². The quantitative estimate of drug-likeness (QED) is 0.789. The standard InChI is InChI=1S/C16H13N3O/c20-16(18-14-6-2-1-3-7-14)13-8-9-17-15(12-13)19-10-4-5-11-19/h1-12H,(H,18,20). The zero-order valence-electron chi connectivity index (χ0n) is 10.7. The molecule has 0 aliphatic carbocycles. The molecule has 0 aliphatic rings. The maximum absolute atomic E-state index is 12.2. The summed E-state index contributed by atoms with van der Waals surface area (Å²) < 4.78 is 1.86. The molecule has 1 amide bonds. The van der Waals surface area contributed by atoms with Gasteiger partial charge in [-0.2, -0.15) is 0 Å². The summed E-state index contributed by atoms with van der Waals surface area (Å²) in [7, 11) is 0. The smallest absolute Gasteiger partial charge is 0.255 e. The lowest BCUT2D eigenvalue weighted by molar-refractivity contribution is 0.102. The molecular formula is C16H13N3O. The van der Waals surface area contributed by atoms with E-state index in [1.807, 2.05) is 59.4 Å². The second kappa shape index (κ2) is 5.40. The zero-order valence-corrected chi connectivity index (χ0v) is 10.7. The molecule has 2 aromatic heterocycles. The van der Waals surface area contributed by atoms with Crippen LogP contribution in [0.5, 0.6) is 0 Å². The topological polar surface area (TPSA) is 46.9 Å². The number of benzene rings is 1. The van der Waals surface area contributed by atoms with Gasteiger partial charge < -0.3 is 9.88 Å². The highest BCUT2D eigenvalue weighted by Gasteiger charge is 2.07. The van der Waals surface area contributed by atoms with Gasteiger partial charge in [0.25, 0.3) is 5.91 Å². The van der Waals surface area contributed by atoms with Gasteiger partial charge >= 0.3 is 0 Å². The van der Waals surface area contributed by atoms with Crippen LogP contribution in [0.4, 0.5) is 5.69 Å². The number of anilines is 1. The molecule has 0 bridgehead atoms. The first-order chi connectivity index (χ1) is 9.83. The molecule has 2 heterocycles. The van der Waals surface area contributed by atoms with E-state index in [2.05, 4.69) is 10.3 Å². The van der Waals surface area contributed by atoms with Crippen molar-refractivity contribution in [3.05, 3.63) is 78.8 Å². The predicted molar refractivity (Wildman–Crippen MR) is 78.0 cm³/mol. The molecule has 3 aromatic rings. The van der Waals surface area contributed by atoms with Gasteiger partial charge in [-0.15, -0.1) is 0 Å². The van der Waals surface area contributed by atoms with Crippen LogP contribution in [-0.4, -0.2) is 15.5 Å². The van der Waals surface area contributed by atoms with Crippen molar-refractivity contribution < 1.29 is 4.79 Å². The molecule has 4 nitrogen and oxygen atoms in total. The zero-order chi connectivity index (χ0) is 13.8. The minimum Gasteiger partial charge on any atom is -0.322 e. The Morgan fingerprint density at radius 1 is 1.00 bits per heavy atom. The van der Waals surface area contributed by atoms with Gasteiger partial charge in [0.1, 0.15) is 5.82 Å². The molecule has 1 aromatic carbocycles. The van der Waals surface area contributed by atoms with E-state index in [-0.39, 0.29) is 5.91 Å². The van der Waals surface area contributed by atoms with Crippen LogP contribution >= 0.6 is 0 Å². The van der Waals surface area contributed by atoms with E-state index in [1.54, 1.807) is 18.3 Å². The fraction of sp³-hybridized carbons (Fsp3) is 0. The summed E-state index contributed by atoms with van der Waals surface area (Å²) in [6.07, 6.45) is 5.41. The molecule has 0 saturated carbocycles. The van der Waals surface area contributed by atoms with Crippen molar-refractivity contribution in [3.8, 4) is 5.82 Å². The first-order valence-electron chi connectivity index (χ1n) is 6.29. The van der Waals surface area contributed by atoms with Crippen molar-refractivity contribution >= 4 is 11.6 Å². The number of nitrogens with one attached hydrogen (secondary N) is 1. The van der Waals surface area contributed by atoms with Crippen molar-refractivity contribution in [3.63, 3.8) is 0 Å². The van der Waals surface area contributed by atoms with Gasteiger partial charge in [-0.3, -0.25) is 4.79 Å². The lowest BCUT2D eigenvalue weighted by Crippen LogP contribution is -2.12. The molecule has 1 N–H and O–H groups in total. The van der Waals surface area contributed by atoms with Crippen molar-refractivity contribution in [2.75, 3.05) is 5.32 Å². The summed E-state index contributed by atoms with van der Waals surface area (Å²) in [5.41, 5.74) is 1.35. The predicted octanol–water partition coefficient (Wildman–Crippen LogP) is 3.12. The maximum atomic E-state index is 12.2. The molecule has 0 fully saturated rings. The van der Waals surface area contributed by atoms with E-state index in [9.17, 15) is 4.79 Å². The highest BCUT2D eigenvalue weighted by molar-refractivity contribution is 6.04. The highest BCUT2D eigenvalue weighted by atomic mass is 16.1. The lowest BCUT2D eigenvalue weighted by Gasteiger charge is -2.07. The SMILES string of the molecule is O=C(Nc1ccccc1)c1ccnc(-n2cccc2)c1. The van der Waals surface area contributed by atoms with Gasteiger partial charge in [0.15, 0.2) is 0 Å². The van der Waals surface area contributed by atoms with E-state index in [0.29, 0.717) is 5.56 Å². The number of amides is 1. The molecule has 0 spiro atoms. The maximum Gasteiger partial charge on any atom is 0.255 e. The molecule has 0 aliphatic heterocycles. The largest absolute Gasteiger partial charge is 0.322 e. The highest BCUT2D eigenvalue weighted by Crippen LogP contribution is 2.11. The van der Waals surface area contributed by atoms with E-state index < -0.39 is 0 Å². The Kier molecular flexibility index (Phi) is 3.29. The van der Waals surface area contributed by atoms with E-state index in [1.165, 1.54) is 0 Å². The van der Waals surface area contributed by atoms with Crippen LogP contribution in [0, 0.1) is 0 Å². The van der Waals surface area contributed by atoms with Crippen LogP contribution in [-0.2, 0) is 0 Å². The Bertz CT molecular complexity index is 706. The fourth-order valence-electron chi connectivity index (χ4n) is 1.91. The van der Waals surface area contributed by atoms with Gasteiger partial charge in [0.2, 0.25) is 0 Å². The average Bonchev–Trinajstić information content (AvgIpc) is 3.03. The van der Waals surface area contributed by atoms with Crippen LogP contribution in [0.25, 0.3) is 5.82 Å². The van der Waals surface area contributed by atoms with Crippen LogP contribution in [0.15, 0.2) is 73.2 Å². The van der Waals surface area contributed by atoms with Crippen molar-refractivity contribution in [2.45, 2.75) is 0 Å². The van der Waals surface area contributed by atoms with E-state index in [4.69, 9.17) is 0 Å². The second-order valence-corrected chi connectivity index (χ2v) is 4.31. The van der Waals surface area contributed by atoms with Crippen LogP contribution in [0.1, 0.15) is 10.4 Å². The lowest BCUT2D eigenvalue weighted by atomic mass is 10.2. The summed E-state index contributed by atoms with van der Waals surface area (Å²) in [4.78, 5) is 16.4. The monoisotopic (exact) mass is 263 g/mol. The molecule has 98 valence electrons. The Balaban J connectivity index is 1.84. The number of carbonyl (C=O) groups excluding carboxylic acids is 1. The molecular weight excluding hydrogens is 250 g/mol. The molecule has 0 atom stereocenters. The minimum absolute atomic E-state index is 0.146. The third-order valence-corrected chi connectivity index (χ3v) is 2.91.